The van der Waals surface area contributed by atoms with E-state index in [1.807, 2.05) is 18.4 Å². The fourth-order valence-electron chi connectivity index (χ4n) is 2.90. The molecule has 0 bridgehead atoms. The summed E-state index contributed by atoms with van der Waals surface area (Å²) in [5.74, 6) is 0. The van der Waals surface area contributed by atoms with Gasteiger partial charge >= 0.3 is 0 Å². The lowest BCUT2D eigenvalue weighted by atomic mass is 10.0. The molecule has 0 spiro atoms. The van der Waals surface area contributed by atoms with Crippen molar-refractivity contribution >= 4 is 37.2 Å². The Bertz CT molecular complexity index is 937. The van der Waals surface area contributed by atoms with Crippen LogP contribution in [0.5, 0.6) is 0 Å². The average molecular weight is 289 g/mol. The molecule has 0 radical (unpaired) electrons. The van der Waals surface area contributed by atoms with Gasteiger partial charge in [-0.1, -0.05) is 54.6 Å². The summed E-state index contributed by atoms with van der Waals surface area (Å²) in [5.41, 5.74) is 3.73. The molecule has 0 saturated carbocycles. The smallest absolute Gasteiger partial charge is 0.0434 e. The Hall–Kier alpha value is -2.32. The van der Waals surface area contributed by atoms with Crippen molar-refractivity contribution in [1.29, 1.82) is 0 Å². The van der Waals surface area contributed by atoms with Crippen molar-refractivity contribution in [1.82, 2.24) is 0 Å². The number of para-hydroxylation sites is 1. The average Bonchev–Trinajstić information content (AvgIpc) is 2.93. The first-order chi connectivity index (χ1) is 10.4. The van der Waals surface area contributed by atoms with Crippen molar-refractivity contribution in [3.63, 3.8) is 0 Å². The third-order valence-electron chi connectivity index (χ3n) is 3.89. The summed E-state index contributed by atoms with van der Waals surface area (Å²) in [6.45, 7) is 0. The maximum Gasteiger partial charge on any atom is 0.0434 e. The molecule has 1 nitrogen and oxygen atoms in total. The van der Waals surface area contributed by atoms with Gasteiger partial charge in [-0.15, -0.1) is 11.3 Å². The molecule has 0 unspecified atom stereocenters. The molecule has 1 N–H and O–H groups in total. The van der Waals surface area contributed by atoms with E-state index in [0.29, 0.717) is 0 Å². The Morgan fingerprint density at radius 3 is 2.33 bits per heavy atom. The normalized spacial score (nSPS) is 11.1. The first-order valence-electron chi connectivity index (χ1n) is 7.06. The number of anilines is 1. The predicted octanol–water partition coefficient (Wildman–Crippen LogP) is 5.76. The van der Waals surface area contributed by atoms with E-state index in [9.17, 15) is 0 Å². The summed E-state index contributed by atoms with van der Waals surface area (Å²) in [6, 6.07) is 23.7. The molecule has 1 heterocycles. The van der Waals surface area contributed by atoms with Crippen LogP contribution in [0.1, 0.15) is 0 Å². The quantitative estimate of drug-likeness (QED) is 0.494. The minimum absolute atomic E-state index is 1.17. The van der Waals surface area contributed by atoms with E-state index in [-0.39, 0.29) is 0 Å². The molecule has 21 heavy (non-hydrogen) atoms. The van der Waals surface area contributed by atoms with Crippen LogP contribution in [0.25, 0.3) is 31.3 Å². The van der Waals surface area contributed by atoms with Gasteiger partial charge < -0.3 is 5.32 Å². The fraction of sp³-hybridized carbons (Fsp3) is 0.0526. The summed E-state index contributed by atoms with van der Waals surface area (Å²) in [4.78, 5) is 0. The third kappa shape index (κ3) is 1.91. The molecule has 4 rings (SSSR count). The van der Waals surface area contributed by atoms with Crippen LogP contribution in [0.15, 0.2) is 66.7 Å². The molecule has 0 amide bonds. The van der Waals surface area contributed by atoms with E-state index < -0.39 is 0 Å². The topological polar surface area (TPSA) is 12.0 Å². The van der Waals surface area contributed by atoms with Crippen LogP contribution in [0.3, 0.4) is 0 Å². The van der Waals surface area contributed by atoms with Crippen LogP contribution in [0.2, 0.25) is 0 Å². The van der Waals surface area contributed by atoms with Crippen LogP contribution < -0.4 is 5.32 Å². The van der Waals surface area contributed by atoms with Gasteiger partial charge in [0.2, 0.25) is 0 Å². The lowest BCUT2D eigenvalue weighted by molar-refractivity contribution is 1.51. The molecule has 3 aromatic carbocycles. The molecule has 102 valence electrons. The van der Waals surface area contributed by atoms with Crippen LogP contribution in [-0.2, 0) is 0 Å². The number of fused-ring (bicyclic) bond motifs is 3. The van der Waals surface area contributed by atoms with E-state index >= 15 is 0 Å². The minimum atomic E-state index is 1.17. The molecule has 2 heteroatoms. The monoisotopic (exact) mass is 289 g/mol. The Labute approximate surface area is 127 Å². The summed E-state index contributed by atoms with van der Waals surface area (Å²) >= 11 is 1.87. The summed E-state index contributed by atoms with van der Waals surface area (Å²) < 4.78 is 2.71. The van der Waals surface area contributed by atoms with Crippen LogP contribution in [0, 0.1) is 0 Å². The van der Waals surface area contributed by atoms with Gasteiger partial charge in [-0.25, -0.2) is 0 Å². The van der Waals surface area contributed by atoms with Crippen molar-refractivity contribution in [2.75, 3.05) is 12.4 Å². The number of hydrogen-bond acceptors (Lipinski definition) is 2. The van der Waals surface area contributed by atoms with Gasteiger partial charge in [0.25, 0.3) is 0 Å². The van der Waals surface area contributed by atoms with Crippen molar-refractivity contribution in [2.24, 2.45) is 0 Å². The highest BCUT2D eigenvalue weighted by Gasteiger charge is 2.11. The Kier molecular flexibility index (Phi) is 2.90. The summed E-state index contributed by atoms with van der Waals surface area (Å²) in [6.07, 6.45) is 0. The second kappa shape index (κ2) is 4.90. The molecular weight excluding hydrogens is 274 g/mol. The molecular formula is C19H15NS. The van der Waals surface area contributed by atoms with Crippen LogP contribution in [0.4, 0.5) is 5.69 Å². The highest BCUT2D eigenvalue weighted by molar-refractivity contribution is 7.26. The molecule has 0 fully saturated rings. The Balaban J connectivity index is 2.10. The van der Waals surface area contributed by atoms with Gasteiger partial charge in [-0.3, -0.25) is 0 Å². The second-order valence-electron chi connectivity index (χ2n) is 5.08. The van der Waals surface area contributed by atoms with Gasteiger partial charge in [0.1, 0.15) is 0 Å². The van der Waals surface area contributed by atoms with Crippen LogP contribution in [-0.4, -0.2) is 7.05 Å². The van der Waals surface area contributed by atoms with Crippen LogP contribution >= 0.6 is 11.3 Å². The number of hydrogen-bond donors (Lipinski definition) is 1. The zero-order valence-electron chi connectivity index (χ0n) is 11.8. The maximum atomic E-state index is 3.30. The molecule has 4 aromatic rings. The summed E-state index contributed by atoms with van der Waals surface area (Å²) in [7, 11) is 1.98. The predicted molar refractivity (Wildman–Crippen MR) is 94.3 cm³/mol. The second-order valence-corrected chi connectivity index (χ2v) is 6.13. The van der Waals surface area contributed by atoms with E-state index in [1.165, 1.54) is 37.0 Å². The lowest BCUT2D eigenvalue weighted by Gasteiger charge is -2.09. The minimum Gasteiger partial charge on any atom is -0.388 e. The van der Waals surface area contributed by atoms with E-state index in [0.717, 1.165) is 0 Å². The lowest BCUT2D eigenvalue weighted by Crippen LogP contribution is -1.91. The summed E-state index contributed by atoms with van der Waals surface area (Å²) in [5, 5.41) is 5.99. The molecule has 0 aliphatic rings. The molecule has 0 aliphatic carbocycles. The third-order valence-corrected chi connectivity index (χ3v) is 5.11. The van der Waals surface area contributed by atoms with Crippen molar-refractivity contribution in [2.45, 2.75) is 0 Å². The van der Waals surface area contributed by atoms with E-state index in [1.54, 1.807) is 0 Å². The fourth-order valence-corrected chi connectivity index (χ4v) is 4.13. The maximum absolute atomic E-state index is 3.30. The molecule has 1 aromatic heterocycles. The van der Waals surface area contributed by atoms with Gasteiger partial charge in [-0.2, -0.15) is 0 Å². The van der Waals surface area contributed by atoms with Gasteiger partial charge in [-0.05, 0) is 12.1 Å². The Morgan fingerprint density at radius 2 is 1.43 bits per heavy atom. The molecule has 0 aliphatic heterocycles. The number of rotatable bonds is 2. The number of benzene rings is 3. The van der Waals surface area contributed by atoms with Gasteiger partial charge in [0, 0.05) is 44.0 Å². The van der Waals surface area contributed by atoms with Gasteiger partial charge in [0.15, 0.2) is 0 Å². The SMILES string of the molecule is CNc1ccccc1-c1cccc2c1sc1ccccc12. The molecule has 0 atom stereocenters. The van der Waals surface area contributed by atoms with E-state index in [2.05, 4.69) is 72.0 Å². The largest absolute Gasteiger partial charge is 0.388 e. The van der Waals surface area contributed by atoms with Crippen molar-refractivity contribution in [3.05, 3.63) is 66.7 Å². The first kappa shape index (κ1) is 12.4. The zero-order valence-corrected chi connectivity index (χ0v) is 12.6. The van der Waals surface area contributed by atoms with Crippen molar-refractivity contribution < 1.29 is 0 Å². The van der Waals surface area contributed by atoms with Crippen molar-refractivity contribution in [3.8, 4) is 11.1 Å². The highest BCUT2D eigenvalue weighted by Crippen LogP contribution is 2.41. The standard InChI is InChI=1S/C19H15NS/c1-20-17-11-4-2-7-13(17)15-9-6-10-16-14-8-3-5-12-18(14)21-19(15)16/h2-12,20H,1H3. The highest BCUT2D eigenvalue weighted by atomic mass is 32.1. The number of thiophene rings is 1. The van der Waals surface area contributed by atoms with Gasteiger partial charge in [0.05, 0.1) is 0 Å². The molecule has 0 saturated heterocycles. The Morgan fingerprint density at radius 1 is 0.714 bits per heavy atom. The van der Waals surface area contributed by atoms with E-state index in [4.69, 9.17) is 0 Å². The zero-order chi connectivity index (χ0) is 14.2. The number of nitrogens with one attached hydrogen (secondary N) is 1. The first-order valence-corrected chi connectivity index (χ1v) is 7.87.